The van der Waals surface area contributed by atoms with E-state index in [4.69, 9.17) is 0 Å². The summed E-state index contributed by atoms with van der Waals surface area (Å²) in [4.78, 5) is 27.2. The van der Waals surface area contributed by atoms with Crippen LogP contribution < -0.4 is 15.5 Å². The van der Waals surface area contributed by atoms with Gasteiger partial charge in [-0.2, -0.15) is 0 Å². The molecule has 0 aliphatic carbocycles. The SMILES string of the molecule is CN1CC[C@@H](NC(=O)N[C@H]2CCN(c3ccc(F)cc3F)C2)C1=O. The van der Waals surface area contributed by atoms with Crippen molar-refractivity contribution in [2.75, 3.05) is 31.6 Å². The number of likely N-dealkylation sites (N-methyl/N-ethyl adjacent to an activating group) is 1. The van der Waals surface area contributed by atoms with Crippen LogP contribution in [-0.4, -0.2) is 55.6 Å². The molecule has 2 heterocycles. The van der Waals surface area contributed by atoms with Crippen molar-refractivity contribution in [2.24, 2.45) is 0 Å². The molecule has 3 rings (SSSR count). The van der Waals surface area contributed by atoms with E-state index in [2.05, 4.69) is 10.6 Å². The maximum atomic E-state index is 13.8. The molecule has 0 unspecified atom stereocenters. The molecule has 2 atom stereocenters. The Labute approximate surface area is 138 Å². The van der Waals surface area contributed by atoms with Crippen molar-refractivity contribution in [1.82, 2.24) is 15.5 Å². The Morgan fingerprint density at radius 2 is 2.00 bits per heavy atom. The number of nitrogens with zero attached hydrogens (tertiary/aromatic N) is 2. The third-order valence-corrected chi connectivity index (χ3v) is 4.51. The van der Waals surface area contributed by atoms with Crippen molar-refractivity contribution in [3.8, 4) is 0 Å². The number of anilines is 1. The predicted molar refractivity (Wildman–Crippen MR) is 84.7 cm³/mol. The van der Waals surface area contributed by atoms with Gasteiger partial charge in [-0.25, -0.2) is 13.6 Å². The number of nitrogens with one attached hydrogen (secondary N) is 2. The summed E-state index contributed by atoms with van der Waals surface area (Å²) in [5, 5.41) is 5.49. The van der Waals surface area contributed by atoms with E-state index < -0.39 is 23.7 Å². The van der Waals surface area contributed by atoms with E-state index in [9.17, 15) is 18.4 Å². The molecule has 24 heavy (non-hydrogen) atoms. The molecule has 2 N–H and O–H groups in total. The number of urea groups is 1. The Hall–Kier alpha value is -2.38. The summed E-state index contributed by atoms with van der Waals surface area (Å²) in [6, 6.07) is 2.44. The summed E-state index contributed by atoms with van der Waals surface area (Å²) in [7, 11) is 1.70. The molecule has 1 aromatic rings. The minimum Gasteiger partial charge on any atom is -0.367 e. The molecule has 6 nitrogen and oxygen atoms in total. The van der Waals surface area contributed by atoms with Crippen LogP contribution >= 0.6 is 0 Å². The monoisotopic (exact) mass is 338 g/mol. The lowest BCUT2D eigenvalue weighted by molar-refractivity contribution is -0.128. The van der Waals surface area contributed by atoms with Crippen molar-refractivity contribution in [3.05, 3.63) is 29.8 Å². The fraction of sp³-hybridized carbons (Fsp3) is 0.500. The lowest BCUT2D eigenvalue weighted by Crippen LogP contribution is -2.49. The van der Waals surface area contributed by atoms with E-state index in [1.807, 2.05) is 0 Å². The molecule has 2 fully saturated rings. The van der Waals surface area contributed by atoms with Crippen LogP contribution in [0.25, 0.3) is 0 Å². The van der Waals surface area contributed by atoms with Crippen LogP contribution in [0.4, 0.5) is 19.3 Å². The molecule has 1 aromatic carbocycles. The molecule has 0 saturated carbocycles. The third-order valence-electron chi connectivity index (χ3n) is 4.51. The fourth-order valence-corrected chi connectivity index (χ4v) is 3.18. The number of likely N-dealkylation sites (tertiary alicyclic amines) is 1. The standard InChI is InChI=1S/C16H20F2N4O2/c1-21-6-5-13(15(21)23)20-16(24)19-11-4-7-22(9-11)14-3-2-10(17)8-12(14)18/h2-3,8,11,13H,4-7,9H2,1H3,(H2,19,20,24)/t11-,13+/m0/s1. The molecule has 0 bridgehead atoms. The van der Waals surface area contributed by atoms with Gasteiger partial charge in [0.05, 0.1) is 5.69 Å². The first-order valence-corrected chi connectivity index (χ1v) is 7.96. The number of hydrogen-bond donors (Lipinski definition) is 2. The Morgan fingerprint density at radius 3 is 2.67 bits per heavy atom. The molecule has 0 radical (unpaired) electrons. The summed E-state index contributed by atoms with van der Waals surface area (Å²) in [6.45, 7) is 1.64. The Kier molecular flexibility index (Phi) is 4.55. The van der Waals surface area contributed by atoms with Crippen LogP contribution in [0.2, 0.25) is 0 Å². The molecule has 130 valence electrons. The zero-order chi connectivity index (χ0) is 17.3. The number of amides is 3. The van der Waals surface area contributed by atoms with Gasteiger partial charge in [0.2, 0.25) is 5.91 Å². The lowest BCUT2D eigenvalue weighted by Gasteiger charge is -2.20. The first-order chi connectivity index (χ1) is 11.4. The highest BCUT2D eigenvalue weighted by molar-refractivity contribution is 5.88. The van der Waals surface area contributed by atoms with Gasteiger partial charge in [0.25, 0.3) is 0 Å². The largest absolute Gasteiger partial charge is 0.367 e. The molecule has 0 aromatic heterocycles. The average molecular weight is 338 g/mol. The highest BCUT2D eigenvalue weighted by Crippen LogP contribution is 2.24. The van der Waals surface area contributed by atoms with Gasteiger partial charge in [-0.1, -0.05) is 0 Å². The van der Waals surface area contributed by atoms with E-state index in [1.54, 1.807) is 16.8 Å². The molecule has 0 spiro atoms. The summed E-state index contributed by atoms with van der Waals surface area (Å²) in [6.07, 6.45) is 1.25. The molecular weight excluding hydrogens is 318 g/mol. The van der Waals surface area contributed by atoms with Crippen molar-refractivity contribution in [1.29, 1.82) is 0 Å². The second-order valence-corrected chi connectivity index (χ2v) is 6.25. The maximum absolute atomic E-state index is 13.8. The van der Waals surface area contributed by atoms with Crippen molar-refractivity contribution in [2.45, 2.75) is 24.9 Å². The smallest absolute Gasteiger partial charge is 0.315 e. The number of carbonyl (C=O) groups is 2. The molecule has 8 heteroatoms. The Bertz CT molecular complexity index is 655. The first-order valence-electron chi connectivity index (χ1n) is 7.96. The third kappa shape index (κ3) is 3.42. The van der Waals surface area contributed by atoms with Crippen molar-refractivity contribution < 1.29 is 18.4 Å². The number of halogens is 2. The normalized spacial score (nSPS) is 23.7. The van der Waals surface area contributed by atoms with Crippen molar-refractivity contribution in [3.63, 3.8) is 0 Å². The minimum atomic E-state index is -0.615. The minimum absolute atomic E-state index is 0.0911. The van der Waals surface area contributed by atoms with Crippen LogP contribution in [0.1, 0.15) is 12.8 Å². The molecular formula is C16H20F2N4O2. The van der Waals surface area contributed by atoms with Gasteiger partial charge in [0, 0.05) is 38.8 Å². The number of carbonyl (C=O) groups excluding carboxylic acids is 2. The lowest BCUT2D eigenvalue weighted by atomic mass is 10.2. The number of benzene rings is 1. The second-order valence-electron chi connectivity index (χ2n) is 6.25. The Balaban J connectivity index is 1.52. The van der Waals surface area contributed by atoms with Gasteiger partial charge in [0.1, 0.15) is 17.7 Å². The maximum Gasteiger partial charge on any atom is 0.315 e. The fourth-order valence-electron chi connectivity index (χ4n) is 3.18. The average Bonchev–Trinajstić information content (AvgIpc) is 3.09. The van der Waals surface area contributed by atoms with Crippen LogP contribution in [0.3, 0.4) is 0 Å². The van der Waals surface area contributed by atoms with Gasteiger partial charge >= 0.3 is 6.03 Å². The highest BCUT2D eigenvalue weighted by Gasteiger charge is 2.31. The van der Waals surface area contributed by atoms with E-state index in [-0.39, 0.29) is 11.9 Å². The summed E-state index contributed by atoms with van der Waals surface area (Å²) in [5.74, 6) is -1.32. The summed E-state index contributed by atoms with van der Waals surface area (Å²) >= 11 is 0. The zero-order valence-corrected chi connectivity index (χ0v) is 13.4. The van der Waals surface area contributed by atoms with Crippen LogP contribution in [0.5, 0.6) is 0 Å². The van der Waals surface area contributed by atoms with Crippen molar-refractivity contribution >= 4 is 17.6 Å². The van der Waals surface area contributed by atoms with Gasteiger partial charge in [0.15, 0.2) is 0 Å². The topological polar surface area (TPSA) is 64.7 Å². The quantitative estimate of drug-likeness (QED) is 0.867. The summed E-state index contributed by atoms with van der Waals surface area (Å²) < 4.78 is 26.8. The van der Waals surface area contributed by atoms with Crippen LogP contribution in [0, 0.1) is 11.6 Å². The Morgan fingerprint density at radius 1 is 1.21 bits per heavy atom. The van der Waals surface area contributed by atoms with E-state index in [0.717, 1.165) is 6.07 Å². The van der Waals surface area contributed by atoms with E-state index in [1.165, 1.54) is 12.1 Å². The zero-order valence-electron chi connectivity index (χ0n) is 13.4. The number of hydrogen-bond acceptors (Lipinski definition) is 3. The van der Waals surface area contributed by atoms with Gasteiger partial charge in [-0.15, -0.1) is 0 Å². The number of rotatable bonds is 3. The van der Waals surface area contributed by atoms with Gasteiger partial charge in [-0.3, -0.25) is 4.79 Å². The van der Waals surface area contributed by atoms with E-state index >= 15 is 0 Å². The molecule has 2 saturated heterocycles. The van der Waals surface area contributed by atoms with Gasteiger partial charge < -0.3 is 20.4 Å². The van der Waals surface area contributed by atoms with Crippen LogP contribution in [0.15, 0.2) is 18.2 Å². The van der Waals surface area contributed by atoms with Crippen LogP contribution in [-0.2, 0) is 4.79 Å². The molecule has 2 aliphatic heterocycles. The molecule has 3 amide bonds. The van der Waals surface area contributed by atoms with E-state index in [0.29, 0.717) is 38.2 Å². The van der Waals surface area contributed by atoms with Gasteiger partial charge in [-0.05, 0) is 25.0 Å². The highest BCUT2D eigenvalue weighted by atomic mass is 19.1. The first kappa shape index (κ1) is 16.5. The summed E-state index contributed by atoms with van der Waals surface area (Å²) in [5.41, 5.74) is 0.328. The molecule has 2 aliphatic rings. The second kappa shape index (κ2) is 6.62. The predicted octanol–water partition coefficient (Wildman–Crippen LogP) is 1.07.